The highest BCUT2D eigenvalue weighted by Gasteiger charge is 2.65. The lowest BCUT2D eigenvalue weighted by Crippen LogP contribution is -2.70. The number of unbranched alkanes of at least 4 members (excludes halogenated alkanes) is 2. The van der Waals surface area contributed by atoms with Crippen molar-refractivity contribution in [1.29, 1.82) is 0 Å². The van der Waals surface area contributed by atoms with Gasteiger partial charge in [-0.05, 0) is 84.6 Å². The number of carbonyl (C=O) groups is 2. The molecule has 0 unspecified atom stereocenters. The first-order valence-electron chi connectivity index (χ1n) is 22.1. The predicted octanol–water partition coefficient (Wildman–Crippen LogP) is 6.79. The second-order valence-electron chi connectivity index (χ2n) is 16.2. The van der Waals surface area contributed by atoms with Gasteiger partial charge in [-0.2, -0.15) is 0 Å². The molecule has 0 bridgehead atoms. The lowest BCUT2D eigenvalue weighted by molar-refractivity contribution is -0.384. The number of carbonyl (C=O) groups excluding carboxylic acids is 2. The van der Waals surface area contributed by atoms with E-state index in [4.69, 9.17) is 33.7 Å². The van der Waals surface area contributed by atoms with Crippen LogP contribution in [0.3, 0.4) is 0 Å². The van der Waals surface area contributed by atoms with E-state index in [0.29, 0.717) is 49.1 Å². The fourth-order valence-electron chi connectivity index (χ4n) is 9.34. The normalized spacial score (nSPS) is 22.4. The van der Waals surface area contributed by atoms with Crippen molar-refractivity contribution in [3.8, 4) is 11.5 Å². The molecule has 3 aromatic rings. The van der Waals surface area contributed by atoms with Gasteiger partial charge in [0.25, 0.3) is 5.69 Å². The maximum Gasteiger partial charge on any atom is 0.412 e. The number of hydrogen-bond acceptors (Lipinski definition) is 14. The Morgan fingerprint density at radius 1 is 0.985 bits per heavy atom. The number of nitro benzene ring substituents is 1. The molecule has 6 atom stereocenters. The standard InChI is InChI=1S/C48H60N4O13/c1-3-25-62-48-43(51(47(57)60-2)21-26-61-27-24-55)30-41(50-63-32-34-15-17-36(18-16-34)52(58)59)39-28-35(13-7-9-22-53)38(14-8-10-23-54)44(45(39)48)40-29-37(19-20-42(40)65-48)64-46(56)49-31-33-11-5-4-6-12-33/h3-6,11-12,15-20,28-29,35,38,43-45,53-55H,1,7-10,13-14,21-27,30-32H2,2H3,(H,49,56)/t35-,38+,43-,44+,45+,48+/m0/s1. The van der Waals surface area contributed by atoms with E-state index in [2.05, 4.69) is 18.0 Å². The average molecular weight is 901 g/mol. The monoisotopic (exact) mass is 900 g/mol. The molecule has 3 aliphatic rings. The highest BCUT2D eigenvalue weighted by Crippen LogP contribution is 2.62. The summed E-state index contributed by atoms with van der Waals surface area (Å²) >= 11 is 0. The second-order valence-corrected chi connectivity index (χ2v) is 16.2. The number of amides is 2. The van der Waals surface area contributed by atoms with Crippen LogP contribution in [0.25, 0.3) is 0 Å². The van der Waals surface area contributed by atoms with Gasteiger partial charge in [0, 0.05) is 56.3 Å². The van der Waals surface area contributed by atoms with Crippen molar-refractivity contribution in [2.75, 3.05) is 53.3 Å². The number of hydrogen-bond donors (Lipinski definition) is 4. The number of aliphatic hydroxyl groups excluding tert-OH is 3. The van der Waals surface area contributed by atoms with E-state index in [0.717, 1.165) is 23.1 Å². The first-order chi connectivity index (χ1) is 31.7. The van der Waals surface area contributed by atoms with Gasteiger partial charge in [-0.25, -0.2) is 9.59 Å². The van der Waals surface area contributed by atoms with Crippen LogP contribution in [0, 0.1) is 27.9 Å². The van der Waals surface area contributed by atoms with Crippen molar-refractivity contribution >= 4 is 23.6 Å². The fourth-order valence-corrected chi connectivity index (χ4v) is 9.34. The van der Waals surface area contributed by atoms with Crippen LogP contribution in [0.2, 0.25) is 0 Å². The van der Waals surface area contributed by atoms with E-state index in [9.17, 15) is 35.0 Å². The van der Waals surface area contributed by atoms with Gasteiger partial charge in [-0.15, -0.1) is 6.58 Å². The van der Waals surface area contributed by atoms with Crippen molar-refractivity contribution in [3.05, 3.63) is 124 Å². The molecule has 0 aromatic heterocycles. The highest BCUT2D eigenvalue weighted by atomic mass is 16.7. The number of rotatable bonds is 24. The molecule has 4 N–H and O–H groups in total. The molecule has 1 saturated carbocycles. The molecule has 350 valence electrons. The van der Waals surface area contributed by atoms with Crippen LogP contribution >= 0.6 is 0 Å². The molecule has 17 nitrogen and oxygen atoms in total. The maximum atomic E-state index is 14.0. The second kappa shape index (κ2) is 23.9. The number of nitrogens with one attached hydrogen (secondary N) is 1. The van der Waals surface area contributed by atoms with Crippen LogP contribution in [0.15, 0.2) is 102 Å². The van der Waals surface area contributed by atoms with E-state index >= 15 is 0 Å². The molecule has 2 aliphatic carbocycles. The van der Waals surface area contributed by atoms with Crippen LogP contribution in [-0.4, -0.2) is 108 Å². The molecule has 17 heteroatoms. The number of benzene rings is 3. The molecule has 6 rings (SSSR count). The number of oxime groups is 1. The van der Waals surface area contributed by atoms with E-state index in [1.165, 1.54) is 24.1 Å². The van der Waals surface area contributed by atoms with Crippen molar-refractivity contribution in [3.63, 3.8) is 0 Å². The third kappa shape index (κ3) is 11.9. The summed E-state index contributed by atoms with van der Waals surface area (Å²) < 4.78 is 31.1. The fraction of sp³-hybridized carbons (Fsp3) is 0.479. The van der Waals surface area contributed by atoms with E-state index < -0.39 is 40.8 Å². The quantitative estimate of drug-likeness (QED) is 0.0315. The molecule has 1 heterocycles. The largest absolute Gasteiger partial charge is 0.459 e. The molecule has 0 saturated heterocycles. The number of methoxy groups -OCH3 is 1. The van der Waals surface area contributed by atoms with Crippen molar-refractivity contribution < 1.29 is 58.4 Å². The first-order valence-corrected chi connectivity index (χ1v) is 22.1. The summed E-state index contributed by atoms with van der Waals surface area (Å²) in [5, 5.41) is 48.2. The summed E-state index contributed by atoms with van der Waals surface area (Å²) in [5.74, 6) is -2.12. The first kappa shape index (κ1) is 48.6. The maximum absolute atomic E-state index is 14.0. The van der Waals surface area contributed by atoms with E-state index in [1.807, 2.05) is 36.4 Å². The molecule has 1 fully saturated rings. The van der Waals surface area contributed by atoms with Gasteiger partial charge in [-0.3, -0.25) is 15.0 Å². The lowest BCUT2D eigenvalue weighted by Gasteiger charge is -2.59. The van der Waals surface area contributed by atoms with Crippen LogP contribution in [-0.2, 0) is 32.2 Å². The molecular formula is C48H60N4O13. The minimum atomic E-state index is -1.60. The van der Waals surface area contributed by atoms with Gasteiger partial charge < -0.3 is 49.2 Å². The summed E-state index contributed by atoms with van der Waals surface area (Å²) in [5.41, 5.74) is 3.51. The minimum Gasteiger partial charge on any atom is -0.459 e. The topological polar surface area (TPSA) is 221 Å². The van der Waals surface area contributed by atoms with Crippen LogP contribution < -0.4 is 14.8 Å². The molecule has 2 amide bonds. The lowest BCUT2D eigenvalue weighted by atomic mass is 9.55. The number of nitro groups is 1. The number of ether oxygens (including phenoxy) is 5. The Morgan fingerprint density at radius 2 is 1.74 bits per heavy atom. The van der Waals surface area contributed by atoms with Gasteiger partial charge >= 0.3 is 12.2 Å². The van der Waals surface area contributed by atoms with E-state index in [1.54, 1.807) is 30.3 Å². The smallest absolute Gasteiger partial charge is 0.412 e. The Balaban J connectivity index is 1.51. The number of fused-ring (bicyclic) bond motifs is 2. The Hall–Kier alpha value is -5.85. The van der Waals surface area contributed by atoms with Gasteiger partial charge in [0.1, 0.15) is 24.1 Å². The van der Waals surface area contributed by atoms with Gasteiger partial charge in [0.05, 0.1) is 50.1 Å². The number of non-ortho nitro benzene ring substituents is 1. The summed E-state index contributed by atoms with van der Waals surface area (Å²) in [6.07, 6.45) is 6.50. The SMILES string of the molecule is C=CCO[C@@]12Oc3ccc(OC(=O)NCc4ccccc4)cc3[C@H]3[C@H](CCCCO)[C@@H](CCCCO)C=C(C(=NOCc4ccc([N+](=O)[O-])cc4)C[C@@H]1N(CCOCCO)C(=O)OC)[C@H]32. The molecule has 1 aliphatic heterocycles. The van der Waals surface area contributed by atoms with Gasteiger partial charge in [-0.1, -0.05) is 60.5 Å². The summed E-state index contributed by atoms with van der Waals surface area (Å²) in [4.78, 5) is 45.7. The van der Waals surface area contributed by atoms with Gasteiger partial charge in [0.2, 0.25) is 5.79 Å². The zero-order valence-corrected chi connectivity index (χ0v) is 36.8. The molecule has 0 radical (unpaired) electrons. The van der Waals surface area contributed by atoms with Crippen LogP contribution in [0.4, 0.5) is 15.3 Å². The zero-order valence-electron chi connectivity index (χ0n) is 36.8. The van der Waals surface area contributed by atoms with Crippen molar-refractivity contribution in [2.45, 2.75) is 75.8 Å². The molecule has 3 aromatic carbocycles. The zero-order chi connectivity index (χ0) is 46.2. The minimum absolute atomic E-state index is 0.0106. The average Bonchev–Trinajstić information content (AvgIpc) is 3.32. The third-order valence-electron chi connectivity index (χ3n) is 12.2. The van der Waals surface area contributed by atoms with E-state index in [-0.39, 0.29) is 89.0 Å². The Morgan fingerprint density at radius 3 is 2.43 bits per heavy atom. The molecular weight excluding hydrogens is 841 g/mol. The number of aliphatic hydroxyl groups is 3. The summed E-state index contributed by atoms with van der Waals surface area (Å²) in [7, 11) is 1.28. The Kier molecular flexibility index (Phi) is 17.9. The van der Waals surface area contributed by atoms with Crippen LogP contribution in [0.5, 0.6) is 11.5 Å². The molecule has 0 spiro atoms. The molecule has 65 heavy (non-hydrogen) atoms. The predicted molar refractivity (Wildman–Crippen MR) is 239 cm³/mol. The van der Waals surface area contributed by atoms with Crippen molar-refractivity contribution in [1.82, 2.24) is 10.2 Å². The third-order valence-corrected chi connectivity index (χ3v) is 12.2. The Labute approximate surface area is 378 Å². The summed E-state index contributed by atoms with van der Waals surface area (Å²) in [6.45, 7) is 4.16. The number of allylic oxidation sites excluding steroid dienone is 1. The highest BCUT2D eigenvalue weighted by molar-refractivity contribution is 6.03. The Bertz CT molecular complexity index is 2120. The van der Waals surface area contributed by atoms with Crippen molar-refractivity contribution in [2.24, 2.45) is 22.9 Å². The van der Waals surface area contributed by atoms with Gasteiger partial charge in [0.15, 0.2) is 0 Å². The summed E-state index contributed by atoms with van der Waals surface area (Å²) in [6, 6.07) is 19.7. The van der Waals surface area contributed by atoms with Crippen LogP contribution in [0.1, 0.15) is 67.6 Å². The number of nitrogens with zero attached hydrogens (tertiary/aromatic N) is 3.